The van der Waals surface area contributed by atoms with E-state index in [-0.39, 0.29) is 0 Å². The molecule has 0 fully saturated rings. The monoisotopic (exact) mass is 111 g/mol. The molecule has 1 rings (SSSR count). The van der Waals surface area contributed by atoms with Crippen LogP contribution < -0.4 is 0 Å². The minimum absolute atomic E-state index is 0.783. The van der Waals surface area contributed by atoms with E-state index in [1.54, 1.807) is 7.21 Å². The van der Waals surface area contributed by atoms with Crippen molar-refractivity contribution in [2.75, 3.05) is 7.05 Å². The molecule has 0 N–H and O–H groups in total. The topological polar surface area (TPSA) is 28.0 Å². The molecule has 0 saturated heterocycles. The van der Waals surface area contributed by atoms with Crippen LogP contribution in [-0.4, -0.2) is 26.4 Å². The summed E-state index contributed by atoms with van der Waals surface area (Å²) in [6.45, 7) is 0. The first-order chi connectivity index (χ1) is 3.39. The standard InChI is InChI=1S/CH4B2N3P/c1-6-3-4-2-5-7-6/h3H,1H3. The summed E-state index contributed by atoms with van der Waals surface area (Å²) in [6.07, 6.45) is 0. The van der Waals surface area contributed by atoms with Crippen LogP contribution in [0.2, 0.25) is 0 Å². The van der Waals surface area contributed by atoms with Gasteiger partial charge in [-0.2, -0.15) is 0 Å². The predicted molar refractivity (Wildman–Crippen MR) is 32.4 cm³/mol. The normalized spacial score (nSPS) is 20.7. The average Bonchev–Trinajstić information content (AvgIpc) is 1.69. The van der Waals surface area contributed by atoms with E-state index in [1.165, 1.54) is 0 Å². The molecule has 0 bridgehead atoms. The Hall–Kier alpha value is -0.0101. The minimum atomic E-state index is 0.783. The Labute approximate surface area is 45.3 Å². The van der Waals surface area contributed by atoms with E-state index in [2.05, 4.69) is 9.46 Å². The molecule has 0 aromatic heterocycles. The average molecular weight is 111 g/mol. The zero-order chi connectivity index (χ0) is 5.11. The molecular weight excluding hydrogens is 107 g/mol. The van der Waals surface area contributed by atoms with Gasteiger partial charge in [-0.15, -0.1) is 0 Å². The third-order valence-corrected chi connectivity index (χ3v) is 1.26. The SMILES string of the molecule is CN1BN=BN=P1. The van der Waals surface area contributed by atoms with Crippen LogP contribution in [0.1, 0.15) is 0 Å². The molecule has 3 nitrogen and oxygen atoms in total. The van der Waals surface area contributed by atoms with E-state index in [0.29, 0.717) is 0 Å². The van der Waals surface area contributed by atoms with Gasteiger partial charge in [-0.1, -0.05) is 0 Å². The van der Waals surface area contributed by atoms with Gasteiger partial charge in [0.1, 0.15) is 0 Å². The van der Waals surface area contributed by atoms with Gasteiger partial charge in [0.2, 0.25) is 0 Å². The summed E-state index contributed by atoms with van der Waals surface area (Å²) in [6, 6.07) is 0. The molecule has 1 aliphatic rings. The van der Waals surface area contributed by atoms with Gasteiger partial charge in [-0.3, -0.25) is 0 Å². The molecule has 6 heteroatoms. The van der Waals surface area contributed by atoms with Crippen LogP contribution in [0.15, 0.2) is 9.46 Å². The molecule has 0 amide bonds. The van der Waals surface area contributed by atoms with E-state index >= 15 is 0 Å². The van der Waals surface area contributed by atoms with Gasteiger partial charge in [-0.05, 0) is 0 Å². The summed E-state index contributed by atoms with van der Waals surface area (Å²) >= 11 is 0. The molecule has 0 saturated carbocycles. The first-order valence-corrected chi connectivity index (χ1v) is 2.80. The first-order valence-electron chi connectivity index (χ1n) is 2.00. The molecular formula is CH4B2N3P. The fraction of sp³-hybridized carbons (Fsp3) is 1.00. The molecule has 0 aromatic rings. The van der Waals surface area contributed by atoms with Crippen LogP contribution in [0.4, 0.5) is 0 Å². The molecule has 0 spiro atoms. The summed E-state index contributed by atoms with van der Waals surface area (Å²) in [5, 5.41) is 0. The second-order valence-corrected chi connectivity index (χ2v) is 2.39. The maximum absolute atomic E-state index is 3.89. The summed E-state index contributed by atoms with van der Waals surface area (Å²) in [5.41, 5.74) is 0. The third-order valence-electron chi connectivity index (χ3n) is 0.624. The van der Waals surface area contributed by atoms with Crippen LogP contribution >= 0.6 is 8.52 Å². The van der Waals surface area contributed by atoms with Gasteiger partial charge in [0.15, 0.2) is 0 Å². The second kappa shape index (κ2) is 2.34. The van der Waals surface area contributed by atoms with Gasteiger partial charge >= 0.3 is 44.4 Å². The third kappa shape index (κ3) is 1.49. The van der Waals surface area contributed by atoms with Crippen molar-refractivity contribution in [3.05, 3.63) is 0 Å². The molecule has 1 aliphatic heterocycles. The van der Waals surface area contributed by atoms with Crippen molar-refractivity contribution in [1.82, 2.24) is 4.58 Å². The molecule has 0 atom stereocenters. The van der Waals surface area contributed by atoms with Crippen molar-refractivity contribution in [3.8, 4) is 0 Å². The molecule has 0 aliphatic carbocycles. The Balaban J connectivity index is 2.49. The number of hydrogen-bond acceptors (Lipinski definition) is 3. The van der Waals surface area contributed by atoms with Crippen molar-refractivity contribution in [2.24, 2.45) is 9.46 Å². The summed E-state index contributed by atoms with van der Waals surface area (Å²) in [7, 11) is 5.36. The second-order valence-electron chi connectivity index (χ2n) is 1.30. The fourth-order valence-corrected chi connectivity index (χ4v) is 0.756. The summed E-state index contributed by atoms with van der Waals surface area (Å²) in [5.74, 6) is 0. The van der Waals surface area contributed by atoms with Crippen molar-refractivity contribution in [1.29, 1.82) is 0 Å². The number of rotatable bonds is 0. The molecule has 0 aromatic carbocycles. The molecule has 1 heterocycles. The van der Waals surface area contributed by atoms with Crippen LogP contribution in [0.3, 0.4) is 0 Å². The molecule has 0 radical (unpaired) electrons. The van der Waals surface area contributed by atoms with Gasteiger partial charge in [0.05, 0.1) is 0 Å². The van der Waals surface area contributed by atoms with Crippen LogP contribution in [0, 0.1) is 0 Å². The predicted octanol–water partition coefficient (Wildman–Crippen LogP) is 0.0459. The van der Waals surface area contributed by atoms with Gasteiger partial charge < -0.3 is 0 Å². The Kier molecular flexibility index (Phi) is 1.71. The van der Waals surface area contributed by atoms with E-state index < -0.39 is 0 Å². The van der Waals surface area contributed by atoms with Crippen molar-refractivity contribution >= 4 is 23.3 Å². The zero-order valence-corrected chi connectivity index (χ0v) is 4.97. The van der Waals surface area contributed by atoms with Gasteiger partial charge in [0.25, 0.3) is 0 Å². The van der Waals surface area contributed by atoms with E-state index in [4.69, 9.17) is 0 Å². The van der Waals surface area contributed by atoms with Crippen LogP contribution in [0.25, 0.3) is 0 Å². The maximum atomic E-state index is 3.89. The number of hydrogen-bond donors (Lipinski definition) is 0. The molecule has 34 valence electrons. The Morgan fingerprint density at radius 2 is 2.71 bits per heavy atom. The van der Waals surface area contributed by atoms with E-state index in [0.717, 1.165) is 16.1 Å². The first kappa shape index (κ1) is 5.13. The Bertz CT molecular complexity index is 112. The van der Waals surface area contributed by atoms with Crippen molar-refractivity contribution in [3.63, 3.8) is 0 Å². The van der Waals surface area contributed by atoms with Gasteiger partial charge in [0, 0.05) is 0 Å². The summed E-state index contributed by atoms with van der Waals surface area (Å²) in [4.78, 5) is 3.89. The van der Waals surface area contributed by atoms with Gasteiger partial charge in [-0.25, -0.2) is 0 Å². The molecule has 7 heavy (non-hydrogen) atoms. The molecule has 0 unspecified atom stereocenters. The fourth-order valence-electron chi connectivity index (χ4n) is 0.331. The van der Waals surface area contributed by atoms with Crippen molar-refractivity contribution < 1.29 is 0 Å². The number of nitrogens with zero attached hydrogens (tertiary/aromatic N) is 3. The Morgan fingerprint density at radius 1 is 1.86 bits per heavy atom. The zero-order valence-electron chi connectivity index (χ0n) is 4.07. The summed E-state index contributed by atoms with van der Waals surface area (Å²) < 4.78 is 5.86. The Morgan fingerprint density at radius 3 is 3.00 bits per heavy atom. The quantitative estimate of drug-likeness (QED) is 0.320. The van der Waals surface area contributed by atoms with Crippen LogP contribution in [0.5, 0.6) is 0 Å². The van der Waals surface area contributed by atoms with E-state index in [1.807, 2.05) is 11.6 Å². The van der Waals surface area contributed by atoms with Crippen LogP contribution in [-0.2, 0) is 0 Å². The van der Waals surface area contributed by atoms with Crippen molar-refractivity contribution in [2.45, 2.75) is 0 Å². The van der Waals surface area contributed by atoms with E-state index in [9.17, 15) is 0 Å².